The molecule has 0 unspecified atom stereocenters. The number of hydrogen-bond acceptors (Lipinski definition) is 5. The molecular weight excluding hydrogens is 570 g/mol. The SMILES string of the molecule is Cc1cccc(-n2nc(-c3ccccc3)c3c2N(CC(=O)NC[C@@H]2CCCO2)C(=O)CS[C@@H]3c2ccc(F)cc2F)c1C. The predicted octanol–water partition coefficient (Wildman–Crippen LogP) is 5.90. The van der Waals surface area contributed by atoms with Gasteiger partial charge in [0.05, 0.1) is 28.5 Å². The molecule has 2 aliphatic heterocycles. The van der Waals surface area contributed by atoms with Gasteiger partial charge >= 0.3 is 0 Å². The number of amides is 2. The van der Waals surface area contributed by atoms with Crippen LogP contribution < -0.4 is 10.2 Å². The Balaban J connectivity index is 1.56. The second kappa shape index (κ2) is 12.3. The summed E-state index contributed by atoms with van der Waals surface area (Å²) in [6.07, 6.45) is 1.77. The average molecular weight is 603 g/mol. The molecule has 6 rings (SSSR count). The minimum atomic E-state index is -0.711. The molecule has 1 fully saturated rings. The van der Waals surface area contributed by atoms with E-state index >= 15 is 4.39 Å². The van der Waals surface area contributed by atoms with Crippen LogP contribution in [0.2, 0.25) is 0 Å². The Labute approximate surface area is 253 Å². The summed E-state index contributed by atoms with van der Waals surface area (Å²) in [5.41, 5.74) is 4.86. The van der Waals surface area contributed by atoms with Crippen molar-refractivity contribution in [1.82, 2.24) is 15.1 Å². The molecule has 1 N–H and O–H groups in total. The summed E-state index contributed by atoms with van der Waals surface area (Å²) in [6.45, 7) is 4.75. The minimum absolute atomic E-state index is 0.0177. The van der Waals surface area contributed by atoms with Crippen LogP contribution >= 0.6 is 11.8 Å². The number of hydrogen-bond donors (Lipinski definition) is 1. The number of anilines is 1. The predicted molar refractivity (Wildman–Crippen MR) is 163 cm³/mol. The van der Waals surface area contributed by atoms with Crippen molar-refractivity contribution in [3.8, 4) is 16.9 Å². The number of carbonyl (C=O) groups is 2. The first-order valence-electron chi connectivity index (χ1n) is 14.3. The van der Waals surface area contributed by atoms with Gasteiger partial charge in [0, 0.05) is 35.9 Å². The largest absolute Gasteiger partial charge is 0.376 e. The normalized spacial score (nSPS) is 18.4. The van der Waals surface area contributed by atoms with E-state index in [9.17, 15) is 14.0 Å². The topological polar surface area (TPSA) is 76.5 Å². The Morgan fingerprint density at radius 1 is 1.09 bits per heavy atom. The molecule has 3 aromatic carbocycles. The van der Waals surface area contributed by atoms with Gasteiger partial charge < -0.3 is 10.1 Å². The lowest BCUT2D eigenvalue weighted by atomic mass is 9.99. The molecule has 3 heterocycles. The molecule has 4 aromatic rings. The quantitative estimate of drug-likeness (QED) is 0.285. The van der Waals surface area contributed by atoms with Gasteiger partial charge in [-0.25, -0.2) is 13.5 Å². The highest BCUT2D eigenvalue weighted by Crippen LogP contribution is 2.49. The lowest BCUT2D eigenvalue weighted by Crippen LogP contribution is -2.44. The highest BCUT2D eigenvalue weighted by atomic mass is 32.2. The van der Waals surface area contributed by atoms with Crippen LogP contribution in [-0.2, 0) is 14.3 Å². The van der Waals surface area contributed by atoms with Gasteiger partial charge in [-0.2, -0.15) is 5.10 Å². The number of halogens is 2. The van der Waals surface area contributed by atoms with E-state index in [1.165, 1.54) is 28.8 Å². The zero-order valence-electron chi connectivity index (χ0n) is 24.0. The number of carbonyl (C=O) groups excluding carboxylic acids is 2. The third kappa shape index (κ3) is 5.81. The summed E-state index contributed by atoms with van der Waals surface area (Å²) < 4.78 is 36.8. The Morgan fingerprint density at radius 3 is 2.65 bits per heavy atom. The van der Waals surface area contributed by atoms with Gasteiger partial charge in [-0.05, 0) is 49.9 Å². The maximum absolute atomic E-state index is 15.4. The molecule has 0 bridgehead atoms. The van der Waals surface area contributed by atoms with Gasteiger partial charge in [-0.1, -0.05) is 48.5 Å². The van der Waals surface area contributed by atoms with E-state index in [4.69, 9.17) is 9.84 Å². The van der Waals surface area contributed by atoms with Gasteiger partial charge in [0.15, 0.2) is 0 Å². The monoisotopic (exact) mass is 602 g/mol. The van der Waals surface area contributed by atoms with Crippen LogP contribution in [0.1, 0.15) is 40.3 Å². The number of benzene rings is 3. The van der Waals surface area contributed by atoms with E-state index in [0.717, 1.165) is 41.3 Å². The van der Waals surface area contributed by atoms with Crippen LogP contribution in [0.5, 0.6) is 0 Å². The second-order valence-corrected chi connectivity index (χ2v) is 12.0. The van der Waals surface area contributed by atoms with Crippen molar-refractivity contribution in [2.75, 3.05) is 30.3 Å². The van der Waals surface area contributed by atoms with Gasteiger partial charge in [-0.15, -0.1) is 11.8 Å². The molecule has 2 aliphatic rings. The van der Waals surface area contributed by atoms with Crippen LogP contribution in [-0.4, -0.2) is 53.1 Å². The van der Waals surface area contributed by atoms with E-state index in [2.05, 4.69) is 5.32 Å². The van der Waals surface area contributed by atoms with Crippen molar-refractivity contribution < 1.29 is 23.1 Å². The highest BCUT2D eigenvalue weighted by Gasteiger charge is 2.39. The molecule has 2 amide bonds. The van der Waals surface area contributed by atoms with Crippen LogP contribution in [0, 0.1) is 25.5 Å². The smallest absolute Gasteiger partial charge is 0.240 e. The molecular formula is C33H32F2N4O3S. The molecule has 222 valence electrons. The van der Waals surface area contributed by atoms with Crippen molar-refractivity contribution in [2.45, 2.75) is 38.0 Å². The van der Waals surface area contributed by atoms with E-state index in [0.29, 0.717) is 30.2 Å². The van der Waals surface area contributed by atoms with E-state index in [1.54, 1.807) is 4.68 Å². The van der Waals surface area contributed by atoms with Crippen molar-refractivity contribution >= 4 is 29.4 Å². The second-order valence-electron chi connectivity index (χ2n) is 10.9. The first-order chi connectivity index (χ1) is 20.8. The molecule has 0 spiro atoms. The molecule has 0 saturated carbocycles. The number of rotatable bonds is 7. The van der Waals surface area contributed by atoms with Crippen molar-refractivity contribution in [3.63, 3.8) is 0 Å². The molecule has 43 heavy (non-hydrogen) atoms. The fraction of sp³-hybridized carbons (Fsp3) is 0.303. The molecule has 2 atom stereocenters. The highest BCUT2D eigenvalue weighted by molar-refractivity contribution is 8.00. The molecule has 0 radical (unpaired) electrons. The number of nitrogens with zero attached hydrogens (tertiary/aromatic N) is 3. The van der Waals surface area contributed by atoms with Gasteiger partial charge in [0.1, 0.15) is 24.0 Å². The van der Waals surface area contributed by atoms with Gasteiger partial charge in [-0.3, -0.25) is 14.5 Å². The van der Waals surface area contributed by atoms with Crippen molar-refractivity contribution in [1.29, 1.82) is 0 Å². The van der Waals surface area contributed by atoms with Crippen LogP contribution in [0.25, 0.3) is 16.9 Å². The van der Waals surface area contributed by atoms with Crippen molar-refractivity contribution in [3.05, 3.63) is 101 Å². The molecule has 7 nitrogen and oxygen atoms in total. The lowest BCUT2D eigenvalue weighted by molar-refractivity contribution is -0.123. The number of nitrogens with one attached hydrogen (secondary N) is 1. The summed E-state index contributed by atoms with van der Waals surface area (Å²) in [6, 6.07) is 18.8. The van der Waals surface area contributed by atoms with E-state index in [-0.39, 0.29) is 35.8 Å². The first-order valence-corrected chi connectivity index (χ1v) is 15.4. The third-order valence-corrected chi connectivity index (χ3v) is 9.27. The fourth-order valence-electron chi connectivity index (χ4n) is 5.65. The Hall–Kier alpha value is -4.02. The summed E-state index contributed by atoms with van der Waals surface area (Å²) in [5, 5.41) is 7.28. The molecule has 1 aromatic heterocycles. The number of aromatic nitrogens is 2. The van der Waals surface area contributed by atoms with Gasteiger partial charge in [0.2, 0.25) is 11.8 Å². The first kappa shape index (κ1) is 29.1. The molecule has 0 aliphatic carbocycles. The van der Waals surface area contributed by atoms with Crippen LogP contribution in [0.3, 0.4) is 0 Å². The van der Waals surface area contributed by atoms with E-state index < -0.39 is 16.9 Å². The standard InChI is InChI=1S/C33H32F2N4O3S/c1-20-8-6-12-27(21(20)2)39-33-30(31(37-39)22-9-4-3-5-10-22)32(25-14-13-23(34)16-26(25)35)43-19-29(41)38(33)18-28(40)36-17-24-11-7-15-42-24/h3-6,8-10,12-14,16,24,32H,7,11,15,17-19H2,1-2H3,(H,36,40)/t24-,32+/m0/s1. The fourth-order valence-corrected chi connectivity index (χ4v) is 6.87. The summed E-state index contributed by atoms with van der Waals surface area (Å²) in [5.74, 6) is -1.66. The minimum Gasteiger partial charge on any atom is -0.376 e. The number of thioether (sulfide) groups is 1. The average Bonchev–Trinajstić information content (AvgIpc) is 3.63. The van der Waals surface area contributed by atoms with Crippen LogP contribution in [0.15, 0.2) is 66.7 Å². The van der Waals surface area contributed by atoms with Gasteiger partial charge in [0.25, 0.3) is 0 Å². The zero-order valence-corrected chi connectivity index (χ0v) is 24.8. The maximum atomic E-state index is 15.4. The number of ether oxygens (including phenoxy) is 1. The Bertz CT molecular complexity index is 1670. The maximum Gasteiger partial charge on any atom is 0.240 e. The Kier molecular flexibility index (Phi) is 8.32. The summed E-state index contributed by atoms with van der Waals surface area (Å²) in [7, 11) is 0. The summed E-state index contributed by atoms with van der Waals surface area (Å²) >= 11 is 1.24. The van der Waals surface area contributed by atoms with E-state index in [1.807, 2.05) is 62.4 Å². The number of aryl methyl sites for hydroxylation is 1. The number of fused-ring (bicyclic) bond motifs is 1. The van der Waals surface area contributed by atoms with Crippen LogP contribution in [0.4, 0.5) is 14.6 Å². The summed E-state index contributed by atoms with van der Waals surface area (Å²) in [4.78, 5) is 28.7. The zero-order chi connectivity index (χ0) is 30.1. The Morgan fingerprint density at radius 2 is 1.91 bits per heavy atom. The molecule has 1 saturated heterocycles. The third-order valence-electron chi connectivity index (χ3n) is 8.04. The van der Waals surface area contributed by atoms with Crippen molar-refractivity contribution in [2.24, 2.45) is 0 Å². The lowest BCUT2D eigenvalue weighted by Gasteiger charge is -2.24. The molecule has 10 heteroatoms.